The Hall–Kier alpha value is -1.53. The number of halogens is 1. The van der Waals surface area contributed by atoms with Crippen LogP contribution in [0.3, 0.4) is 0 Å². The van der Waals surface area contributed by atoms with Gasteiger partial charge in [-0.1, -0.05) is 0 Å². The van der Waals surface area contributed by atoms with Gasteiger partial charge in [0.2, 0.25) is 0 Å². The van der Waals surface area contributed by atoms with Crippen LogP contribution >= 0.6 is 11.6 Å². The Bertz CT molecular complexity index is 400. The van der Waals surface area contributed by atoms with Gasteiger partial charge in [0.25, 0.3) is 5.69 Å². The van der Waals surface area contributed by atoms with Gasteiger partial charge in [-0.05, 0) is 6.07 Å². The molecule has 3 N–H and O–H groups in total. The van der Waals surface area contributed by atoms with Crippen LogP contribution in [-0.2, 0) is 0 Å². The van der Waals surface area contributed by atoms with Gasteiger partial charge in [-0.3, -0.25) is 10.1 Å². The summed E-state index contributed by atoms with van der Waals surface area (Å²) in [6, 6.07) is 4.43. The Balaban J connectivity index is 2.86. The van der Waals surface area contributed by atoms with Gasteiger partial charge in [0.1, 0.15) is 0 Å². The minimum atomic E-state index is -0.694. The zero-order chi connectivity index (χ0) is 12.8. The maximum absolute atomic E-state index is 10.6. The van der Waals surface area contributed by atoms with Gasteiger partial charge in [-0.2, -0.15) is 0 Å². The predicted octanol–water partition coefficient (Wildman–Crippen LogP) is 1.65. The molecule has 1 unspecified atom stereocenters. The summed E-state index contributed by atoms with van der Waals surface area (Å²) < 4.78 is 0. The highest BCUT2D eigenvalue weighted by Crippen LogP contribution is 2.26. The molecule has 0 bridgehead atoms. The van der Waals surface area contributed by atoms with Gasteiger partial charge < -0.3 is 15.7 Å². The van der Waals surface area contributed by atoms with Gasteiger partial charge in [0.15, 0.2) is 0 Å². The van der Waals surface area contributed by atoms with E-state index in [2.05, 4.69) is 10.6 Å². The van der Waals surface area contributed by atoms with E-state index in [4.69, 9.17) is 11.6 Å². The van der Waals surface area contributed by atoms with Crippen molar-refractivity contribution in [2.75, 3.05) is 30.1 Å². The SMILES string of the molecule is CNc1ccc([N+](=O)[O-])cc1NCC(O)CCl. The molecule has 1 atom stereocenters. The van der Waals surface area contributed by atoms with E-state index in [1.54, 1.807) is 13.1 Å². The molecule has 0 heterocycles. The van der Waals surface area contributed by atoms with Crippen molar-refractivity contribution in [3.05, 3.63) is 28.3 Å². The second-order valence-electron chi connectivity index (χ2n) is 3.43. The van der Waals surface area contributed by atoms with Gasteiger partial charge in [0.05, 0.1) is 28.3 Å². The van der Waals surface area contributed by atoms with Crippen molar-refractivity contribution in [1.82, 2.24) is 0 Å². The highest BCUT2D eigenvalue weighted by atomic mass is 35.5. The minimum Gasteiger partial charge on any atom is -0.390 e. The van der Waals surface area contributed by atoms with E-state index < -0.39 is 11.0 Å². The predicted molar refractivity (Wildman–Crippen MR) is 67.9 cm³/mol. The number of aliphatic hydroxyl groups is 1. The van der Waals surface area contributed by atoms with Gasteiger partial charge in [0, 0.05) is 25.7 Å². The average Bonchev–Trinajstić information content (AvgIpc) is 2.35. The van der Waals surface area contributed by atoms with Gasteiger partial charge in [-0.15, -0.1) is 11.6 Å². The van der Waals surface area contributed by atoms with Crippen molar-refractivity contribution in [1.29, 1.82) is 0 Å². The summed E-state index contributed by atoms with van der Waals surface area (Å²) in [6.07, 6.45) is -0.694. The lowest BCUT2D eigenvalue weighted by atomic mass is 10.2. The molecule has 6 nitrogen and oxygen atoms in total. The Morgan fingerprint density at radius 1 is 1.53 bits per heavy atom. The first kappa shape index (κ1) is 13.5. The van der Waals surface area contributed by atoms with E-state index in [-0.39, 0.29) is 18.1 Å². The quantitative estimate of drug-likeness (QED) is 0.411. The van der Waals surface area contributed by atoms with Crippen LogP contribution in [0, 0.1) is 10.1 Å². The molecule has 7 heteroatoms. The van der Waals surface area contributed by atoms with Crippen LogP contribution in [0.1, 0.15) is 0 Å². The second-order valence-corrected chi connectivity index (χ2v) is 3.73. The summed E-state index contributed by atoms with van der Waals surface area (Å²) in [6.45, 7) is 0.235. The topological polar surface area (TPSA) is 87.4 Å². The zero-order valence-electron chi connectivity index (χ0n) is 9.31. The number of rotatable bonds is 6. The van der Waals surface area contributed by atoms with E-state index in [1.807, 2.05) is 0 Å². The van der Waals surface area contributed by atoms with Crippen molar-refractivity contribution in [2.24, 2.45) is 0 Å². The van der Waals surface area contributed by atoms with Crippen LogP contribution in [0.5, 0.6) is 0 Å². The van der Waals surface area contributed by atoms with E-state index >= 15 is 0 Å². The Morgan fingerprint density at radius 2 is 2.24 bits per heavy atom. The first-order valence-corrected chi connectivity index (χ1v) is 5.56. The molecule has 0 radical (unpaired) electrons. The highest BCUT2D eigenvalue weighted by Gasteiger charge is 2.11. The van der Waals surface area contributed by atoms with Crippen molar-refractivity contribution < 1.29 is 10.0 Å². The number of anilines is 2. The molecule has 0 saturated heterocycles. The molecule has 1 rings (SSSR count). The molecular weight excluding hydrogens is 246 g/mol. The van der Waals surface area contributed by atoms with Crippen molar-refractivity contribution in [2.45, 2.75) is 6.10 Å². The summed E-state index contributed by atoms with van der Waals surface area (Å²) in [4.78, 5) is 10.2. The normalized spacial score (nSPS) is 11.9. The molecule has 0 amide bonds. The summed E-state index contributed by atoms with van der Waals surface area (Å²) in [7, 11) is 1.71. The van der Waals surface area contributed by atoms with Crippen molar-refractivity contribution in [3.63, 3.8) is 0 Å². The third-order valence-corrected chi connectivity index (χ3v) is 2.55. The van der Waals surface area contributed by atoms with E-state index in [0.29, 0.717) is 5.69 Å². The molecule has 0 aliphatic carbocycles. The van der Waals surface area contributed by atoms with Crippen LogP contribution in [-0.4, -0.2) is 35.6 Å². The number of nitrogens with one attached hydrogen (secondary N) is 2. The van der Waals surface area contributed by atoms with E-state index in [0.717, 1.165) is 5.69 Å². The van der Waals surface area contributed by atoms with E-state index in [1.165, 1.54) is 12.1 Å². The Morgan fingerprint density at radius 3 is 2.76 bits per heavy atom. The molecule has 0 saturated carbocycles. The first-order valence-electron chi connectivity index (χ1n) is 5.02. The molecule has 0 aromatic heterocycles. The van der Waals surface area contributed by atoms with Gasteiger partial charge in [-0.25, -0.2) is 0 Å². The summed E-state index contributed by atoms with van der Waals surface area (Å²) in [5, 5.41) is 25.8. The molecule has 0 aliphatic rings. The maximum Gasteiger partial charge on any atom is 0.271 e. The highest BCUT2D eigenvalue weighted by molar-refractivity contribution is 6.18. The lowest BCUT2D eigenvalue weighted by Gasteiger charge is -2.13. The lowest BCUT2D eigenvalue weighted by Crippen LogP contribution is -2.21. The largest absolute Gasteiger partial charge is 0.390 e. The monoisotopic (exact) mass is 259 g/mol. The molecule has 0 fully saturated rings. The zero-order valence-corrected chi connectivity index (χ0v) is 10.1. The van der Waals surface area contributed by atoms with Crippen LogP contribution < -0.4 is 10.6 Å². The lowest BCUT2D eigenvalue weighted by molar-refractivity contribution is -0.384. The molecule has 1 aromatic rings. The number of alkyl halides is 1. The van der Waals surface area contributed by atoms with Gasteiger partial charge >= 0.3 is 0 Å². The number of hydrogen-bond donors (Lipinski definition) is 3. The third-order valence-electron chi connectivity index (χ3n) is 2.19. The number of nitro benzene ring substituents is 1. The molecule has 94 valence electrons. The summed E-state index contributed by atoms with van der Waals surface area (Å²) >= 11 is 5.46. The maximum atomic E-state index is 10.6. The smallest absolute Gasteiger partial charge is 0.271 e. The van der Waals surface area contributed by atoms with Crippen LogP contribution in [0.25, 0.3) is 0 Å². The van der Waals surface area contributed by atoms with Crippen LogP contribution in [0.2, 0.25) is 0 Å². The third kappa shape index (κ3) is 3.76. The number of benzene rings is 1. The molecule has 0 aliphatic heterocycles. The van der Waals surface area contributed by atoms with E-state index in [9.17, 15) is 15.2 Å². The fourth-order valence-corrected chi connectivity index (χ4v) is 1.40. The number of hydrogen-bond acceptors (Lipinski definition) is 5. The van der Waals surface area contributed by atoms with Crippen molar-refractivity contribution in [3.8, 4) is 0 Å². The number of aliphatic hydroxyl groups excluding tert-OH is 1. The number of nitrogens with zero attached hydrogens (tertiary/aromatic N) is 1. The fraction of sp³-hybridized carbons (Fsp3) is 0.400. The number of non-ortho nitro benzene ring substituents is 1. The number of nitro groups is 1. The molecule has 1 aromatic carbocycles. The first-order chi connectivity index (χ1) is 8.08. The summed E-state index contributed by atoms with van der Waals surface area (Å²) in [5.41, 5.74) is 1.27. The van der Waals surface area contributed by atoms with Crippen LogP contribution in [0.4, 0.5) is 17.1 Å². The van der Waals surface area contributed by atoms with Crippen LogP contribution in [0.15, 0.2) is 18.2 Å². The average molecular weight is 260 g/mol. The standard InChI is InChI=1S/C10H14ClN3O3/c1-12-9-3-2-7(14(16)17)4-10(9)13-6-8(15)5-11/h2-4,8,12-13,15H,5-6H2,1H3. The summed E-state index contributed by atoms with van der Waals surface area (Å²) in [5.74, 6) is 0.108. The molecule has 0 spiro atoms. The fourth-order valence-electron chi connectivity index (χ4n) is 1.29. The second kappa shape index (κ2) is 6.27. The molecular formula is C10H14ClN3O3. The Labute approximate surface area is 104 Å². The van der Waals surface area contributed by atoms with Crippen molar-refractivity contribution >= 4 is 28.7 Å². The molecule has 17 heavy (non-hydrogen) atoms. The minimum absolute atomic E-state index is 0.00753. The Kier molecular flexibility index (Phi) is 4.99.